The van der Waals surface area contributed by atoms with Gasteiger partial charge in [0.1, 0.15) is 12.6 Å². The number of esters is 2. The highest BCUT2D eigenvalue weighted by Gasteiger charge is 2.42. The lowest BCUT2D eigenvalue weighted by Gasteiger charge is -2.36. The van der Waals surface area contributed by atoms with Crippen molar-refractivity contribution in [2.75, 3.05) is 19.7 Å². The van der Waals surface area contributed by atoms with Crippen molar-refractivity contribution in [2.45, 2.75) is 45.8 Å². The number of rotatable bonds is 8. The van der Waals surface area contributed by atoms with E-state index < -0.39 is 12.0 Å². The maximum atomic E-state index is 13.5. The fraction of sp³-hybridized carbons (Fsp3) is 0.379. The highest BCUT2D eigenvalue weighted by Crippen LogP contribution is 2.46. The molecule has 0 aliphatic carbocycles. The third-order valence-electron chi connectivity index (χ3n) is 6.97. The van der Waals surface area contributed by atoms with Crippen LogP contribution in [-0.2, 0) is 30.5 Å². The summed E-state index contributed by atoms with van der Waals surface area (Å²) in [6.07, 6.45) is 1.63. The normalized spacial score (nSPS) is 20.8. The standard InChI is InChI=1S/C29H31N3O5S2/c1-3-36-27(34)21-11-7-13-31(16-21)24(33)15-22-18-39-29-30-19(2)25(26(32(22)29)23-12-8-14-38-23)28(35)37-17-20-9-5-4-6-10-20/h4-6,8-10,12,14,18,21,26H,3,7,11,13,15-17H2,1-2H3/t21-,26-/m0/s1. The smallest absolute Gasteiger partial charge is 0.338 e. The zero-order valence-corrected chi connectivity index (χ0v) is 23.6. The Morgan fingerprint density at radius 3 is 2.67 bits per heavy atom. The summed E-state index contributed by atoms with van der Waals surface area (Å²) >= 11 is 3.00. The number of likely N-dealkylation sites (tertiary alicyclic amines) is 1. The third-order valence-corrected chi connectivity index (χ3v) is 8.79. The van der Waals surface area contributed by atoms with E-state index >= 15 is 0 Å². The monoisotopic (exact) mass is 565 g/mol. The minimum atomic E-state index is -0.441. The Hall–Kier alpha value is -3.37. The largest absolute Gasteiger partial charge is 0.466 e. The average Bonchev–Trinajstić information content (AvgIpc) is 3.62. The molecule has 10 heteroatoms. The summed E-state index contributed by atoms with van der Waals surface area (Å²) in [6, 6.07) is 13.1. The van der Waals surface area contributed by atoms with E-state index in [1.54, 1.807) is 23.2 Å². The van der Waals surface area contributed by atoms with E-state index in [0.717, 1.165) is 34.1 Å². The molecule has 0 unspecified atom stereocenters. The first-order valence-electron chi connectivity index (χ1n) is 13.1. The number of benzene rings is 1. The molecule has 204 valence electrons. The molecule has 1 amide bonds. The van der Waals surface area contributed by atoms with Crippen molar-refractivity contribution in [2.24, 2.45) is 10.9 Å². The third kappa shape index (κ3) is 5.96. The molecular formula is C29H31N3O5S2. The fourth-order valence-corrected chi connectivity index (χ4v) is 6.86. The number of hydrogen-bond donors (Lipinski definition) is 0. The summed E-state index contributed by atoms with van der Waals surface area (Å²) < 4.78 is 10.9. The molecule has 8 nitrogen and oxygen atoms in total. The molecule has 5 rings (SSSR count). The number of piperidine rings is 1. The molecular weight excluding hydrogens is 534 g/mol. The predicted molar refractivity (Wildman–Crippen MR) is 151 cm³/mol. The van der Waals surface area contributed by atoms with Gasteiger partial charge in [-0.2, -0.15) is 0 Å². The van der Waals surface area contributed by atoms with E-state index in [-0.39, 0.29) is 30.8 Å². The Morgan fingerprint density at radius 2 is 1.92 bits per heavy atom. The topological polar surface area (TPSA) is 88.5 Å². The first-order valence-corrected chi connectivity index (χ1v) is 14.9. The number of hydrogen-bond acceptors (Lipinski definition) is 9. The Bertz CT molecular complexity index is 1320. The second-order valence-electron chi connectivity index (χ2n) is 9.58. The molecule has 3 aliphatic heterocycles. The molecule has 0 saturated carbocycles. The van der Waals surface area contributed by atoms with Gasteiger partial charge in [0.25, 0.3) is 0 Å². The summed E-state index contributed by atoms with van der Waals surface area (Å²) in [5.41, 5.74) is 2.77. The van der Waals surface area contributed by atoms with Crippen molar-refractivity contribution in [3.63, 3.8) is 0 Å². The van der Waals surface area contributed by atoms with Crippen molar-refractivity contribution in [3.05, 3.63) is 80.7 Å². The number of thioether (sulfide) groups is 1. The van der Waals surface area contributed by atoms with Crippen LogP contribution in [0.1, 0.15) is 49.6 Å². The number of amides is 1. The lowest BCUT2D eigenvalue weighted by Crippen LogP contribution is -2.44. The zero-order valence-electron chi connectivity index (χ0n) is 22.0. The van der Waals surface area contributed by atoms with E-state index in [1.807, 2.05) is 65.1 Å². The lowest BCUT2D eigenvalue weighted by molar-refractivity contribution is -0.151. The van der Waals surface area contributed by atoms with Gasteiger partial charge in [-0.15, -0.1) is 11.3 Å². The quantitative estimate of drug-likeness (QED) is 0.404. The molecule has 1 fully saturated rings. The van der Waals surface area contributed by atoms with Gasteiger partial charge >= 0.3 is 11.9 Å². The predicted octanol–water partition coefficient (Wildman–Crippen LogP) is 5.26. The van der Waals surface area contributed by atoms with E-state index in [1.165, 1.54) is 11.8 Å². The molecule has 1 aromatic heterocycles. The molecule has 0 spiro atoms. The van der Waals surface area contributed by atoms with Crippen LogP contribution >= 0.6 is 23.1 Å². The van der Waals surface area contributed by atoms with Crippen molar-refractivity contribution in [1.82, 2.24) is 9.80 Å². The van der Waals surface area contributed by atoms with Gasteiger partial charge in [-0.05, 0) is 49.1 Å². The van der Waals surface area contributed by atoms with Crippen LogP contribution in [-0.4, -0.2) is 52.5 Å². The van der Waals surface area contributed by atoms with Crippen LogP contribution in [0.4, 0.5) is 0 Å². The first-order chi connectivity index (χ1) is 19.0. The summed E-state index contributed by atoms with van der Waals surface area (Å²) in [5, 5.41) is 4.65. The van der Waals surface area contributed by atoms with Crippen LogP contribution in [0.25, 0.3) is 0 Å². The van der Waals surface area contributed by atoms with Gasteiger partial charge < -0.3 is 19.3 Å². The number of carbonyl (C=O) groups is 3. The number of amidine groups is 1. The summed E-state index contributed by atoms with van der Waals surface area (Å²) in [7, 11) is 0. The minimum Gasteiger partial charge on any atom is -0.466 e. The van der Waals surface area contributed by atoms with E-state index in [2.05, 4.69) is 0 Å². The van der Waals surface area contributed by atoms with Crippen molar-refractivity contribution >= 4 is 46.1 Å². The Morgan fingerprint density at radius 1 is 1.10 bits per heavy atom. The molecule has 4 heterocycles. The molecule has 0 bridgehead atoms. The van der Waals surface area contributed by atoms with Gasteiger partial charge in [-0.25, -0.2) is 9.79 Å². The van der Waals surface area contributed by atoms with Crippen molar-refractivity contribution < 1.29 is 23.9 Å². The SMILES string of the molecule is CCOC(=O)[C@H]1CCCN(C(=O)CC2=CSC3=NC(C)=C(C(=O)OCc4ccccc4)[C@H](c4cccs4)N23)C1. The van der Waals surface area contributed by atoms with Crippen LogP contribution in [0.2, 0.25) is 0 Å². The molecule has 3 aliphatic rings. The maximum Gasteiger partial charge on any atom is 0.338 e. The number of carbonyl (C=O) groups excluding carboxylic acids is 3. The second kappa shape index (κ2) is 12.2. The van der Waals surface area contributed by atoms with Crippen LogP contribution in [0, 0.1) is 5.92 Å². The van der Waals surface area contributed by atoms with E-state index in [9.17, 15) is 14.4 Å². The number of thiophene rings is 1. The average molecular weight is 566 g/mol. The summed E-state index contributed by atoms with van der Waals surface area (Å²) in [5.74, 6) is -1.01. The Labute approximate surface area is 236 Å². The number of nitrogens with zero attached hydrogens (tertiary/aromatic N) is 3. The lowest BCUT2D eigenvalue weighted by atomic mass is 9.97. The van der Waals surface area contributed by atoms with Crippen LogP contribution < -0.4 is 0 Å². The fourth-order valence-electron chi connectivity index (χ4n) is 5.07. The summed E-state index contributed by atoms with van der Waals surface area (Å²) in [4.78, 5) is 48.7. The minimum absolute atomic E-state index is 0.0542. The van der Waals surface area contributed by atoms with E-state index in [4.69, 9.17) is 14.5 Å². The van der Waals surface area contributed by atoms with Gasteiger partial charge in [0.2, 0.25) is 5.91 Å². The van der Waals surface area contributed by atoms with Crippen LogP contribution in [0.5, 0.6) is 0 Å². The van der Waals surface area contributed by atoms with Gasteiger partial charge in [0.15, 0.2) is 5.17 Å². The number of fused-ring (bicyclic) bond motifs is 1. The molecule has 39 heavy (non-hydrogen) atoms. The molecule has 2 aromatic rings. The summed E-state index contributed by atoms with van der Waals surface area (Å²) in [6.45, 7) is 5.09. The molecule has 0 N–H and O–H groups in total. The van der Waals surface area contributed by atoms with Crippen LogP contribution in [0.15, 0.2) is 75.2 Å². The molecule has 0 radical (unpaired) electrons. The van der Waals surface area contributed by atoms with Gasteiger partial charge in [0.05, 0.1) is 30.2 Å². The van der Waals surface area contributed by atoms with E-state index in [0.29, 0.717) is 31.0 Å². The zero-order chi connectivity index (χ0) is 27.4. The van der Waals surface area contributed by atoms with Gasteiger partial charge in [-0.3, -0.25) is 9.59 Å². The molecule has 1 saturated heterocycles. The van der Waals surface area contributed by atoms with Crippen molar-refractivity contribution in [1.29, 1.82) is 0 Å². The molecule has 2 atom stereocenters. The van der Waals surface area contributed by atoms with Crippen LogP contribution in [0.3, 0.4) is 0 Å². The number of allylic oxidation sites excluding steroid dienone is 1. The van der Waals surface area contributed by atoms with Gasteiger partial charge in [-0.1, -0.05) is 48.2 Å². The second-order valence-corrected chi connectivity index (χ2v) is 11.4. The first kappa shape index (κ1) is 27.2. The Balaban J connectivity index is 1.35. The number of ether oxygens (including phenoxy) is 2. The highest BCUT2D eigenvalue weighted by molar-refractivity contribution is 8.16. The number of aliphatic imine (C=N–C) groups is 1. The van der Waals surface area contributed by atoms with Gasteiger partial charge in [0, 0.05) is 23.7 Å². The maximum absolute atomic E-state index is 13.5. The highest BCUT2D eigenvalue weighted by atomic mass is 32.2. The Kier molecular flexibility index (Phi) is 8.52. The molecule has 1 aromatic carbocycles. The van der Waals surface area contributed by atoms with Crippen molar-refractivity contribution in [3.8, 4) is 0 Å².